The van der Waals surface area contributed by atoms with Crippen LogP contribution in [-0.2, 0) is 6.54 Å². The van der Waals surface area contributed by atoms with Crippen molar-refractivity contribution in [2.75, 3.05) is 0 Å². The monoisotopic (exact) mass is 254 g/mol. The first kappa shape index (κ1) is 13.3. The van der Waals surface area contributed by atoms with Crippen LogP contribution in [0.2, 0.25) is 0 Å². The van der Waals surface area contributed by atoms with Crippen LogP contribution in [0.4, 0.5) is 0 Å². The Morgan fingerprint density at radius 2 is 2.05 bits per heavy atom. The second-order valence-corrected chi connectivity index (χ2v) is 4.51. The van der Waals surface area contributed by atoms with Crippen LogP contribution in [0.1, 0.15) is 34.1 Å². The molecule has 0 bridgehead atoms. The summed E-state index contributed by atoms with van der Waals surface area (Å²) in [6, 6.07) is 7.99. The van der Waals surface area contributed by atoms with Gasteiger partial charge in [0.25, 0.3) is 0 Å². The zero-order chi connectivity index (χ0) is 13.8. The minimum absolute atomic E-state index is 0.000420. The summed E-state index contributed by atoms with van der Waals surface area (Å²) in [6.07, 6.45) is 5.12. The number of hydrogen-bond donors (Lipinski definition) is 0. The molecule has 0 unspecified atom stereocenters. The van der Waals surface area contributed by atoms with Crippen molar-refractivity contribution in [2.45, 2.75) is 27.3 Å². The maximum absolute atomic E-state index is 12.1. The molecule has 0 radical (unpaired) electrons. The molecule has 2 aromatic rings. The highest BCUT2D eigenvalue weighted by atomic mass is 16.1. The third kappa shape index (κ3) is 2.81. The molecule has 1 aromatic heterocycles. The van der Waals surface area contributed by atoms with Gasteiger partial charge in [-0.25, -0.2) is 0 Å². The van der Waals surface area contributed by atoms with Gasteiger partial charge in [-0.05, 0) is 38.0 Å². The average Bonchev–Trinajstić information content (AvgIpc) is 2.78. The SMILES string of the molecule is CCn1ncc(C(=O)/C=C/c2ccccc2C)c1C. The van der Waals surface area contributed by atoms with Gasteiger partial charge in [-0.1, -0.05) is 30.3 Å². The lowest BCUT2D eigenvalue weighted by Gasteiger charge is -2.00. The van der Waals surface area contributed by atoms with E-state index in [-0.39, 0.29) is 5.78 Å². The highest BCUT2D eigenvalue weighted by Crippen LogP contribution is 2.12. The number of carbonyl (C=O) groups excluding carboxylic acids is 1. The Balaban J connectivity index is 2.22. The van der Waals surface area contributed by atoms with Gasteiger partial charge in [0.1, 0.15) is 0 Å². The van der Waals surface area contributed by atoms with Crippen LogP contribution in [0, 0.1) is 13.8 Å². The molecule has 0 amide bonds. The van der Waals surface area contributed by atoms with E-state index < -0.39 is 0 Å². The highest BCUT2D eigenvalue weighted by molar-refractivity contribution is 6.07. The lowest BCUT2D eigenvalue weighted by molar-refractivity contribution is 0.104. The molecule has 98 valence electrons. The van der Waals surface area contributed by atoms with Crippen LogP contribution < -0.4 is 0 Å². The van der Waals surface area contributed by atoms with Gasteiger partial charge in [0.2, 0.25) is 0 Å². The van der Waals surface area contributed by atoms with Gasteiger partial charge in [0.05, 0.1) is 11.8 Å². The Bertz CT molecular complexity index is 623. The van der Waals surface area contributed by atoms with Gasteiger partial charge >= 0.3 is 0 Å². The van der Waals surface area contributed by atoms with Crippen LogP contribution in [0.3, 0.4) is 0 Å². The summed E-state index contributed by atoms with van der Waals surface area (Å²) >= 11 is 0. The van der Waals surface area contributed by atoms with E-state index in [9.17, 15) is 4.79 Å². The van der Waals surface area contributed by atoms with Crippen molar-refractivity contribution >= 4 is 11.9 Å². The van der Waals surface area contributed by atoms with Gasteiger partial charge in [0.15, 0.2) is 5.78 Å². The minimum Gasteiger partial charge on any atom is -0.289 e. The molecular weight excluding hydrogens is 236 g/mol. The topological polar surface area (TPSA) is 34.9 Å². The third-order valence-electron chi connectivity index (χ3n) is 3.27. The van der Waals surface area contributed by atoms with Crippen molar-refractivity contribution in [1.29, 1.82) is 0 Å². The van der Waals surface area contributed by atoms with Gasteiger partial charge < -0.3 is 0 Å². The van der Waals surface area contributed by atoms with E-state index in [0.717, 1.165) is 23.4 Å². The van der Waals surface area contributed by atoms with Crippen LogP contribution >= 0.6 is 0 Å². The van der Waals surface area contributed by atoms with Crippen molar-refractivity contribution in [3.05, 3.63) is 58.9 Å². The molecule has 3 heteroatoms. The number of allylic oxidation sites excluding steroid dienone is 1. The van der Waals surface area contributed by atoms with Gasteiger partial charge in [0, 0.05) is 12.2 Å². The zero-order valence-electron chi connectivity index (χ0n) is 11.6. The second-order valence-electron chi connectivity index (χ2n) is 4.51. The molecule has 0 saturated heterocycles. The zero-order valence-corrected chi connectivity index (χ0v) is 11.6. The summed E-state index contributed by atoms with van der Waals surface area (Å²) in [6.45, 7) is 6.74. The normalized spacial score (nSPS) is 11.1. The second kappa shape index (κ2) is 5.65. The lowest BCUT2D eigenvalue weighted by Crippen LogP contribution is -2.01. The number of carbonyl (C=O) groups is 1. The maximum Gasteiger partial charge on any atom is 0.189 e. The fourth-order valence-corrected chi connectivity index (χ4v) is 2.04. The number of ketones is 1. The molecule has 0 aliphatic carbocycles. The van der Waals surface area contributed by atoms with E-state index >= 15 is 0 Å². The van der Waals surface area contributed by atoms with E-state index in [1.54, 1.807) is 12.3 Å². The lowest BCUT2D eigenvalue weighted by atomic mass is 10.1. The summed E-state index contributed by atoms with van der Waals surface area (Å²) in [7, 11) is 0. The predicted molar refractivity (Wildman–Crippen MR) is 77.2 cm³/mol. The molecule has 1 heterocycles. The fraction of sp³-hybridized carbons (Fsp3) is 0.250. The van der Waals surface area contributed by atoms with Crippen LogP contribution in [0.15, 0.2) is 36.5 Å². The first-order valence-electron chi connectivity index (χ1n) is 6.44. The fourth-order valence-electron chi connectivity index (χ4n) is 2.04. The van der Waals surface area contributed by atoms with Gasteiger partial charge in [-0.2, -0.15) is 5.10 Å². The van der Waals surface area contributed by atoms with Crippen LogP contribution in [0.25, 0.3) is 6.08 Å². The summed E-state index contributed by atoms with van der Waals surface area (Å²) < 4.78 is 1.83. The number of aromatic nitrogens is 2. The molecule has 3 nitrogen and oxygen atoms in total. The molecule has 0 spiro atoms. The highest BCUT2D eigenvalue weighted by Gasteiger charge is 2.10. The molecule has 0 fully saturated rings. The largest absolute Gasteiger partial charge is 0.289 e. The van der Waals surface area contributed by atoms with Crippen molar-refractivity contribution in [2.24, 2.45) is 0 Å². The summed E-state index contributed by atoms with van der Waals surface area (Å²) in [5.41, 5.74) is 3.82. The van der Waals surface area contributed by atoms with Crippen LogP contribution in [-0.4, -0.2) is 15.6 Å². The van der Waals surface area contributed by atoms with E-state index in [1.165, 1.54) is 0 Å². The predicted octanol–water partition coefficient (Wildman–Crippen LogP) is 3.42. The Hall–Kier alpha value is -2.16. The average molecular weight is 254 g/mol. The molecule has 0 aliphatic heterocycles. The molecular formula is C16H18N2O. The number of rotatable bonds is 4. The van der Waals surface area contributed by atoms with Gasteiger partial charge in [-0.3, -0.25) is 9.48 Å². The standard InChI is InChI=1S/C16H18N2O/c1-4-18-13(3)15(11-17-18)16(19)10-9-14-8-6-5-7-12(14)2/h5-11H,4H2,1-3H3/b10-9+. The quantitative estimate of drug-likeness (QED) is 0.619. The Morgan fingerprint density at radius 1 is 1.32 bits per heavy atom. The van der Waals surface area contributed by atoms with E-state index in [4.69, 9.17) is 0 Å². The summed E-state index contributed by atoms with van der Waals surface area (Å²) in [4.78, 5) is 12.1. The molecule has 0 N–H and O–H groups in total. The van der Waals surface area contributed by atoms with Crippen molar-refractivity contribution < 1.29 is 4.79 Å². The van der Waals surface area contributed by atoms with Crippen molar-refractivity contribution in [3.63, 3.8) is 0 Å². The maximum atomic E-state index is 12.1. The molecule has 19 heavy (non-hydrogen) atoms. The smallest absolute Gasteiger partial charge is 0.189 e. The van der Waals surface area contributed by atoms with Crippen molar-refractivity contribution in [1.82, 2.24) is 9.78 Å². The number of nitrogens with zero attached hydrogens (tertiary/aromatic N) is 2. The molecule has 1 aromatic carbocycles. The van der Waals surface area contributed by atoms with E-state index in [1.807, 2.05) is 55.8 Å². The first-order valence-corrected chi connectivity index (χ1v) is 6.44. The summed E-state index contributed by atoms with van der Waals surface area (Å²) in [5.74, 6) is 0.000420. The molecule has 0 atom stereocenters. The summed E-state index contributed by atoms with van der Waals surface area (Å²) in [5, 5.41) is 4.19. The Kier molecular flexibility index (Phi) is 3.95. The van der Waals surface area contributed by atoms with Gasteiger partial charge in [-0.15, -0.1) is 0 Å². The Morgan fingerprint density at radius 3 is 2.68 bits per heavy atom. The third-order valence-corrected chi connectivity index (χ3v) is 3.27. The molecule has 0 saturated carbocycles. The molecule has 2 rings (SSSR count). The van der Waals surface area contributed by atoms with Crippen LogP contribution in [0.5, 0.6) is 0 Å². The van der Waals surface area contributed by atoms with Crippen molar-refractivity contribution in [3.8, 4) is 0 Å². The number of benzene rings is 1. The number of aryl methyl sites for hydroxylation is 2. The van der Waals surface area contributed by atoms with E-state index in [2.05, 4.69) is 5.10 Å². The minimum atomic E-state index is 0.000420. The van der Waals surface area contributed by atoms with E-state index in [0.29, 0.717) is 5.56 Å². The molecule has 0 aliphatic rings. The Labute approximate surface area is 113 Å². The number of hydrogen-bond acceptors (Lipinski definition) is 2. The first-order chi connectivity index (χ1) is 9.13.